The minimum atomic E-state index is -2.50. The van der Waals surface area contributed by atoms with E-state index in [1.54, 1.807) is 24.3 Å². The number of para-hydroxylation sites is 1. The third kappa shape index (κ3) is 3.77. The number of hydrogen-bond donors (Lipinski definition) is 1. The summed E-state index contributed by atoms with van der Waals surface area (Å²) < 4.78 is 23.3. The minimum absolute atomic E-state index is 0.0699. The van der Waals surface area contributed by atoms with Gasteiger partial charge in [-0.15, -0.1) is 4.36 Å². The molecule has 0 fully saturated rings. The van der Waals surface area contributed by atoms with E-state index in [-0.39, 0.29) is 5.11 Å². The Morgan fingerprint density at radius 1 is 1.31 bits per heavy atom. The lowest BCUT2D eigenvalue weighted by Gasteiger charge is -1.99. The van der Waals surface area contributed by atoms with Crippen LogP contribution in [0.2, 0.25) is 0 Å². The number of thiocarbonyl (C=S) groups is 1. The number of rotatable bonds is 1. The Bertz CT molecular complexity index is 417. The van der Waals surface area contributed by atoms with Crippen molar-refractivity contribution in [2.24, 2.45) is 4.36 Å². The molecule has 6 heteroatoms. The van der Waals surface area contributed by atoms with Gasteiger partial charge in [0.1, 0.15) is 0 Å². The molecule has 0 atom stereocenters. The van der Waals surface area contributed by atoms with Crippen molar-refractivity contribution in [2.75, 3.05) is 5.32 Å². The van der Waals surface area contributed by atoms with Crippen LogP contribution in [0.15, 0.2) is 34.7 Å². The van der Waals surface area contributed by atoms with Gasteiger partial charge >= 0.3 is 10.5 Å². The number of nitrogens with zero attached hydrogens (tertiary/aromatic N) is 1. The summed E-state index contributed by atoms with van der Waals surface area (Å²) in [4.78, 5) is 0. The average molecular weight is 214 g/mol. The zero-order valence-corrected chi connectivity index (χ0v) is 8.10. The molecular weight excluding hydrogens is 208 g/mol. The molecule has 0 spiro atoms. The lowest BCUT2D eigenvalue weighted by Crippen LogP contribution is -2.04. The summed E-state index contributed by atoms with van der Waals surface area (Å²) in [6.07, 6.45) is 0. The van der Waals surface area contributed by atoms with Crippen LogP contribution < -0.4 is 5.32 Å². The van der Waals surface area contributed by atoms with Crippen molar-refractivity contribution < 1.29 is 8.42 Å². The first-order valence-electron chi connectivity index (χ1n) is 3.35. The van der Waals surface area contributed by atoms with E-state index in [0.29, 0.717) is 5.69 Å². The van der Waals surface area contributed by atoms with Gasteiger partial charge in [0.05, 0.1) is 0 Å². The Morgan fingerprint density at radius 2 is 1.92 bits per heavy atom. The van der Waals surface area contributed by atoms with Crippen LogP contribution >= 0.6 is 12.2 Å². The molecule has 0 bridgehead atoms. The Morgan fingerprint density at radius 3 is 2.46 bits per heavy atom. The van der Waals surface area contributed by atoms with Crippen LogP contribution in [0.3, 0.4) is 0 Å². The van der Waals surface area contributed by atoms with Crippen LogP contribution in [0.25, 0.3) is 0 Å². The summed E-state index contributed by atoms with van der Waals surface area (Å²) in [5, 5.41) is 2.58. The van der Waals surface area contributed by atoms with Gasteiger partial charge < -0.3 is 5.32 Å². The van der Waals surface area contributed by atoms with Gasteiger partial charge in [-0.2, -0.15) is 8.42 Å². The maximum Gasteiger partial charge on any atom is 0.318 e. The zero-order valence-electron chi connectivity index (χ0n) is 6.47. The standard InChI is InChI=1S/C7H6N2O2S2/c10-13(11)9-7(12)8-6-4-2-1-3-5-6/h1-5H,(H,8,12). The topological polar surface area (TPSA) is 58.5 Å². The second-order valence-corrected chi connectivity index (χ2v) is 3.11. The normalized spacial score (nSPS) is 8.92. The molecule has 0 saturated heterocycles. The van der Waals surface area contributed by atoms with Crippen molar-refractivity contribution in [2.45, 2.75) is 0 Å². The van der Waals surface area contributed by atoms with Crippen molar-refractivity contribution in [3.8, 4) is 0 Å². The average Bonchev–Trinajstić information content (AvgIpc) is 2.04. The van der Waals surface area contributed by atoms with Crippen molar-refractivity contribution in [3.05, 3.63) is 30.3 Å². The van der Waals surface area contributed by atoms with E-state index in [1.165, 1.54) is 0 Å². The highest BCUT2D eigenvalue weighted by Crippen LogP contribution is 2.04. The molecule has 1 aromatic carbocycles. The second-order valence-electron chi connectivity index (χ2n) is 2.10. The summed E-state index contributed by atoms with van der Waals surface area (Å²) >= 11 is 4.64. The van der Waals surface area contributed by atoms with Crippen LogP contribution in [0.5, 0.6) is 0 Å². The maximum absolute atomic E-state index is 10.1. The number of nitrogens with one attached hydrogen (secondary N) is 1. The van der Waals surface area contributed by atoms with Gasteiger partial charge in [0, 0.05) is 5.69 Å². The van der Waals surface area contributed by atoms with Crippen LogP contribution in [0.4, 0.5) is 5.69 Å². The highest BCUT2D eigenvalue weighted by molar-refractivity contribution is 7.81. The van der Waals surface area contributed by atoms with Crippen LogP contribution in [0.1, 0.15) is 0 Å². The highest BCUT2D eigenvalue weighted by Gasteiger charge is 1.93. The van der Waals surface area contributed by atoms with Crippen LogP contribution in [0, 0.1) is 0 Å². The van der Waals surface area contributed by atoms with E-state index in [4.69, 9.17) is 0 Å². The fourth-order valence-electron chi connectivity index (χ4n) is 0.735. The summed E-state index contributed by atoms with van der Waals surface area (Å²) in [6.45, 7) is 0. The number of hydrogen-bond acceptors (Lipinski definition) is 3. The van der Waals surface area contributed by atoms with Gasteiger partial charge in [0.15, 0.2) is 0 Å². The molecule has 68 valence electrons. The molecule has 4 nitrogen and oxygen atoms in total. The first kappa shape index (κ1) is 9.82. The van der Waals surface area contributed by atoms with E-state index in [9.17, 15) is 8.42 Å². The summed E-state index contributed by atoms with van der Waals surface area (Å²) in [5.74, 6) is 0. The Kier molecular flexibility index (Phi) is 3.53. The lowest BCUT2D eigenvalue weighted by atomic mass is 10.3. The van der Waals surface area contributed by atoms with Gasteiger partial charge in [0.25, 0.3) is 0 Å². The molecule has 1 aromatic rings. The van der Waals surface area contributed by atoms with Crippen molar-refractivity contribution in [1.82, 2.24) is 0 Å². The molecule has 0 saturated carbocycles. The molecule has 0 unspecified atom stereocenters. The number of anilines is 1. The van der Waals surface area contributed by atoms with Crippen molar-refractivity contribution in [3.63, 3.8) is 0 Å². The third-order valence-electron chi connectivity index (χ3n) is 1.18. The van der Waals surface area contributed by atoms with Crippen LogP contribution in [-0.2, 0) is 10.5 Å². The molecule has 1 rings (SSSR count). The lowest BCUT2D eigenvalue weighted by molar-refractivity contribution is 0.623. The van der Waals surface area contributed by atoms with Crippen LogP contribution in [-0.4, -0.2) is 13.5 Å². The predicted molar refractivity (Wildman–Crippen MR) is 54.0 cm³/mol. The van der Waals surface area contributed by atoms with Gasteiger partial charge in [0.2, 0.25) is 5.11 Å². The molecule has 1 N–H and O–H groups in total. The van der Waals surface area contributed by atoms with E-state index in [1.807, 2.05) is 6.07 Å². The molecule has 0 aliphatic rings. The van der Waals surface area contributed by atoms with Gasteiger partial charge in [-0.25, -0.2) is 0 Å². The zero-order chi connectivity index (χ0) is 9.68. The first-order valence-corrected chi connectivity index (χ1v) is 4.79. The Labute approximate surface area is 82.3 Å². The largest absolute Gasteiger partial charge is 0.330 e. The fourth-order valence-corrected chi connectivity index (χ4v) is 1.22. The molecule has 0 amide bonds. The molecule has 0 heterocycles. The summed E-state index contributed by atoms with van der Waals surface area (Å²) in [5.41, 5.74) is 0.710. The highest BCUT2D eigenvalue weighted by atomic mass is 32.2. The van der Waals surface area contributed by atoms with Crippen molar-refractivity contribution in [1.29, 1.82) is 0 Å². The Balaban J connectivity index is 2.72. The Hall–Kier alpha value is -1.27. The summed E-state index contributed by atoms with van der Waals surface area (Å²) in [6, 6.07) is 8.97. The number of benzene rings is 1. The second kappa shape index (κ2) is 4.68. The fraction of sp³-hybridized carbons (Fsp3) is 0. The maximum atomic E-state index is 10.1. The molecule has 13 heavy (non-hydrogen) atoms. The molecular formula is C7H6N2O2S2. The monoisotopic (exact) mass is 214 g/mol. The summed E-state index contributed by atoms with van der Waals surface area (Å²) in [7, 11) is -2.50. The van der Waals surface area contributed by atoms with E-state index in [2.05, 4.69) is 21.9 Å². The minimum Gasteiger partial charge on any atom is -0.330 e. The quantitative estimate of drug-likeness (QED) is 0.719. The first-order chi connectivity index (χ1) is 6.18. The molecule has 0 radical (unpaired) electrons. The van der Waals surface area contributed by atoms with E-state index >= 15 is 0 Å². The van der Waals surface area contributed by atoms with Gasteiger partial charge in [-0.3, -0.25) is 0 Å². The smallest absolute Gasteiger partial charge is 0.318 e. The van der Waals surface area contributed by atoms with Gasteiger partial charge in [-0.1, -0.05) is 18.2 Å². The SMILES string of the molecule is O=S(=O)=NC(=S)Nc1ccccc1. The van der Waals surface area contributed by atoms with E-state index in [0.717, 1.165) is 0 Å². The predicted octanol–water partition coefficient (Wildman–Crippen LogP) is 1.45. The molecule has 0 aliphatic heterocycles. The van der Waals surface area contributed by atoms with Gasteiger partial charge in [-0.05, 0) is 24.4 Å². The molecule has 0 aromatic heterocycles. The third-order valence-corrected chi connectivity index (χ3v) is 1.82. The van der Waals surface area contributed by atoms with Crippen molar-refractivity contribution >= 4 is 33.5 Å². The molecule has 0 aliphatic carbocycles. The van der Waals surface area contributed by atoms with E-state index < -0.39 is 10.5 Å².